The topological polar surface area (TPSA) is 111 Å². The van der Waals surface area contributed by atoms with E-state index in [1.165, 1.54) is 30.9 Å². The molecule has 0 aromatic carbocycles. The maximum atomic E-state index is 12.6. The minimum Gasteiger partial charge on any atom is -0.479 e. The second-order valence-electron chi connectivity index (χ2n) is 6.92. The number of aliphatic carboxylic acids is 1. The molecule has 0 saturated carbocycles. The molecule has 2 aromatic heterocycles. The van der Waals surface area contributed by atoms with Crippen LogP contribution >= 0.6 is 0 Å². The van der Waals surface area contributed by atoms with Crippen molar-refractivity contribution >= 4 is 17.6 Å². The first-order chi connectivity index (χ1) is 12.3. The summed E-state index contributed by atoms with van der Waals surface area (Å²) in [5, 5.41) is 20.4. The summed E-state index contributed by atoms with van der Waals surface area (Å²) in [7, 11) is 0. The number of carbonyl (C=O) groups is 2. The van der Waals surface area contributed by atoms with Crippen LogP contribution in [0.1, 0.15) is 48.8 Å². The Morgan fingerprint density at radius 2 is 1.96 bits per heavy atom. The first kappa shape index (κ1) is 18.1. The predicted octanol–water partition coefficient (Wildman–Crippen LogP) is 1.81. The van der Waals surface area contributed by atoms with Crippen LogP contribution in [0.4, 0.5) is 5.69 Å². The van der Waals surface area contributed by atoms with Gasteiger partial charge in [0.15, 0.2) is 5.54 Å². The average Bonchev–Trinajstić information content (AvgIpc) is 3.22. The molecule has 140 valence electrons. The van der Waals surface area contributed by atoms with Gasteiger partial charge in [-0.15, -0.1) is 0 Å². The standard InChI is InChI=1S/C17H23N5O4/c1-11-14(9-19-22(11)13-4-6-26-7-5-13)15(23)20-12-8-18-21(10-12)17(2,3)16(24)25/h8-10,13H,4-7H2,1-3H3,(H,20,23)(H,24,25). The first-order valence-electron chi connectivity index (χ1n) is 8.52. The highest BCUT2D eigenvalue weighted by molar-refractivity contribution is 6.04. The van der Waals surface area contributed by atoms with Crippen molar-refractivity contribution in [3.05, 3.63) is 29.8 Å². The van der Waals surface area contributed by atoms with Gasteiger partial charge in [-0.05, 0) is 33.6 Å². The highest BCUT2D eigenvalue weighted by atomic mass is 16.5. The Bertz CT molecular complexity index is 817. The number of carboxylic acids is 1. The maximum Gasteiger partial charge on any atom is 0.331 e. The van der Waals surface area contributed by atoms with Gasteiger partial charge < -0.3 is 15.2 Å². The van der Waals surface area contributed by atoms with E-state index in [0.29, 0.717) is 24.5 Å². The highest BCUT2D eigenvalue weighted by Gasteiger charge is 2.30. The van der Waals surface area contributed by atoms with Crippen molar-refractivity contribution in [2.45, 2.75) is 45.2 Å². The number of amides is 1. The minimum atomic E-state index is -1.20. The number of ether oxygens (including phenoxy) is 1. The molecular formula is C17H23N5O4. The zero-order valence-corrected chi connectivity index (χ0v) is 15.1. The molecule has 1 fully saturated rings. The third-order valence-corrected chi connectivity index (χ3v) is 4.76. The summed E-state index contributed by atoms with van der Waals surface area (Å²) in [6.07, 6.45) is 6.25. The van der Waals surface area contributed by atoms with E-state index in [2.05, 4.69) is 15.5 Å². The molecule has 1 aliphatic heterocycles. The van der Waals surface area contributed by atoms with Gasteiger partial charge in [-0.25, -0.2) is 4.79 Å². The maximum absolute atomic E-state index is 12.6. The van der Waals surface area contributed by atoms with Crippen LogP contribution in [-0.4, -0.2) is 49.8 Å². The van der Waals surface area contributed by atoms with Gasteiger partial charge in [0.05, 0.1) is 29.7 Å². The molecule has 0 radical (unpaired) electrons. The van der Waals surface area contributed by atoms with Gasteiger partial charge in [0.1, 0.15) is 0 Å². The van der Waals surface area contributed by atoms with E-state index in [1.54, 1.807) is 6.20 Å². The molecule has 1 aliphatic rings. The van der Waals surface area contributed by atoms with Gasteiger partial charge in [-0.2, -0.15) is 10.2 Å². The van der Waals surface area contributed by atoms with Crippen LogP contribution in [0.5, 0.6) is 0 Å². The number of nitrogens with one attached hydrogen (secondary N) is 1. The Labute approximate surface area is 150 Å². The van der Waals surface area contributed by atoms with Crippen LogP contribution in [0, 0.1) is 6.92 Å². The largest absolute Gasteiger partial charge is 0.479 e. The van der Waals surface area contributed by atoms with Crippen LogP contribution in [0.25, 0.3) is 0 Å². The molecule has 9 nitrogen and oxygen atoms in total. The van der Waals surface area contributed by atoms with Gasteiger partial charge in [0.2, 0.25) is 0 Å². The van der Waals surface area contributed by atoms with Crippen LogP contribution in [-0.2, 0) is 15.1 Å². The molecule has 3 rings (SSSR count). The monoisotopic (exact) mass is 361 g/mol. The fourth-order valence-corrected chi connectivity index (χ4v) is 2.93. The molecule has 0 bridgehead atoms. The molecule has 0 spiro atoms. The summed E-state index contributed by atoms with van der Waals surface area (Å²) in [5.41, 5.74) is 0.518. The molecular weight excluding hydrogens is 338 g/mol. The summed E-state index contributed by atoms with van der Waals surface area (Å²) in [6, 6.07) is 0.240. The van der Waals surface area contributed by atoms with Crippen LogP contribution in [0.15, 0.2) is 18.6 Å². The number of nitrogens with zero attached hydrogens (tertiary/aromatic N) is 4. The highest BCUT2D eigenvalue weighted by Crippen LogP contribution is 2.24. The lowest BCUT2D eigenvalue weighted by atomic mass is 10.1. The third-order valence-electron chi connectivity index (χ3n) is 4.76. The van der Waals surface area contributed by atoms with Crippen molar-refractivity contribution in [1.82, 2.24) is 19.6 Å². The summed E-state index contributed by atoms with van der Waals surface area (Å²) < 4.78 is 8.56. The van der Waals surface area contributed by atoms with Crippen molar-refractivity contribution < 1.29 is 19.4 Å². The molecule has 0 aliphatic carbocycles. The minimum absolute atomic E-state index is 0.240. The molecule has 2 N–H and O–H groups in total. The molecule has 3 heterocycles. The van der Waals surface area contributed by atoms with Crippen LogP contribution in [0.2, 0.25) is 0 Å². The number of hydrogen-bond donors (Lipinski definition) is 2. The second-order valence-corrected chi connectivity index (χ2v) is 6.92. The Morgan fingerprint density at radius 3 is 2.62 bits per heavy atom. The number of aromatic nitrogens is 4. The molecule has 1 saturated heterocycles. The van der Waals surface area contributed by atoms with E-state index in [0.717, 1.165) is 18.5 Å². The van der Waals surface area contributed by atoms with E-state index in [4.69, 9.17) is 4.74 Å². The van der Waals surface area contributed by atoms with Crippen LogP contribution < -0.4 is 5.32 Å². The SMILES string of the molecule is Cc1c(C(=O)Nc2cnn(C(C)(C)C(=O)O)c2)cnn1C1CCOCC1. The average molecular weight is 361 g/mol. The number of carbonyl (C=O) groups excluding carboxylic acids is 1. The first-order valence-corrected chi connectivity index (χ1v) is 8.52. The summed E-state index contributed by atoms with van der Waals surface area (Å²) in [4.78, 5) is 23.9. The van der Waals surface area contributed by atoms with Crippen LogP contribution in [0.3, 0.4) is 0 Å². The van der Waals surface area contributed by atoms with Gasteiger partial charge in [-0.3, -0.25) is 14.2 Å². The normalized spacial score (nSPS) is 15.8. The Balaban J connectivity index is 1.74. The number of carboxylic acid groups (broad SMARTS) is 1. The Hall–Kier alpha value is -2.68. The van der Waals surface area contributed by atoms with Gasteiger partial charge >= 0.3 is 5.97 Å². The summed E-state index contributed by atoms with van der Waals surface area (Å²) in [6.45, 7) is 6.34. The van der Waals surface area contributed by atoms with E-state index < -0.39 is 11.5 Å². The Morgan fingerprint density at radius 1 is 1.27 bits per heavy atom. The van der Waals surface area contributed by atoms with Crippen molar-refractivity contribution in [2.24, 2.45) is 0 Å². The van der Waals surface area contributed by atoms with Crippen molar-refractivity contribution in [2.75, 3.05) is 18.5 Å². The molecule has 0 atom stereocenters. The molecule has 2 aromatic rings. The molecule has 1 amide bonds. The zero-order chi connectivity index (χ0) is 18.9. The van der Waals surface area contributed by atoms with E-state index in [-0.39, 0.29) is 11.9 Å². The lowest BCUT2D eigenvalue weighted by Gasteiger charge is -2.23. The third kappa shape index (κ3) is 3.34. The quantitative estimate of drug-likeness (QED) is 0.840. The number of hydrogen-bond acceptors (Lipinski definition) is 5. The molecule has 26 heavy (non-hydrogen) atoms. The lowest BCUT2D eigenvalue weighted by molar-refractivity contribution is -0.146. The number of rotatable bonds is 5. The lowest BCUT2D eigenvalue weighted by Crippen LogP contribution is -2.35. The van der Waals surface area contributed by atoms with Gasteiger partial charge in [0, 0.05) is 25.1 Å². The zero-order valence-electron chi connectivity index (χ0n) is 15.1. The van der Waals surface area contributed by atoms with Crippen molar-refractivity contribution in [3.63, 3.8) is 0 Å². The van der Waals surface area contributed by atoms with E-state index in [9.17, 15) is 14.7 Å². The van der Waals surface area contributed by atoms with Crippen molar-refractivity contribution in [3.8, 4) is 0 Å². The second kappa shape index (κ2) is 6.91. The number of anilines is 1. The van der Waals surface area contributed by atoms with E-state index in [1.807, 2.05) is 11.6 Å². The fourth-order valence-electron chi connectivity index (χ4n) is 2.93. The van der Waals surface area contributed by atoms with E-state index >= 15 is 0 Å². The summed E-state index contributed by atoms with van der Waals surface area (Å²) >= 11 is 0. The summed E-state index contributed by atoms with van der Waals surface area (Å²) in [5.74, 6) is -1.31. The van der Waals surface area contributed by atoms with Crippen molar-refractivity contribution in [1.29, 1.82) is 0 Å². The Kier molecular flexibility index (Phi) is 4.82. The van der Waals surface area contributed by atoms with Gasteiger partial charge in [0.25, 0.3) is 5.91 Å². The predicted molar refractivity (Wildman–Crippen MR) is 93.2 cm³/mol. The molecule has 9 heteroatoms. The molecule has 0 unspecified atom stereocenters. The fraction of sp³-hybridized carbons (Fsp3) is 0.529. The smallest absolute Gasteiger partial charge is 0.331 e. The van der Waals surface area contributed by atoms with Gasteiger partial charge in [-0.1, -0.05) is 0 Å².